The first kappa shape index (κ1) is 21.7. The molecule has 1 aromatic heterocycles. The number of amides is 1. The molecule has 168 valence electrons. The average Bonchev–Trinajstić information content (AvgIpc) is 3.40. The molecule has 0 N–H and O–H groups in total. The number of rotatable bonds is 6. The highest BCUT2D eigenvalue weighted by molar-refractivity contribution is 5.80. The number of nitrogens with zero attached hydrogens (tertiary/aromatic N) is 3. The van der Waals surface area contributed by atoms with Gasteiger partial charge < -0.3 is 18.9 Å². The quantitative estimate of drug-likeness (QED) is 0.544. The van der Waals surface area contributed by atoms with E-state index in [1.807, 2.05) is 31.2 Å². The number of methoxy groups -OCH3 is 1. The second-order valence-electron chi connectivity index (χ2n) is 7.42. The van der Waals surface area contributed by atoms with Crippen LogP contribution in [0.5, 0.6) is 11.5 Å². The highest BCUT2D eigenvalue weighted by atomic mass is 19.4. The van der Waals surface area contributed by atoms with Crippen molar-refractivity contribution >= 4 is 5.91 Å². The number of alkyl halides is 3. The van der Waals surface area contributed by atoms with Gasteiger partial charge in [-0.15, -0.1) is 13.2 Å². The Bertz CT molecular complexity index is 1080. The molecule has 2 unspecified atom stereocenters. The first-order chi connectivity index (χ1) is 15.2. The minimum Gasteiger partial charge on any atom is -0.497 e. The van der Waals surface area contributed by atoms with Crippen molar-refractivity contribution < 1.29 is 32.0 Å². The third-order valence-electron chi connectivity index (χ3n) is 5.36. The van der Waals surface area contributed by atoms with Gasteiger partial charge in [-0.1, -0.05) is 17.3 Å². The molecule has 3 aromatic rings. The Labute approximate surface area is 181 Å². The van der Waals surface area contributed by atoms with Crippen LogP contribution in [0.15, 0.2) is 53.1 Å². The van der Waals surface area contributed by atoms with Crippen molar-refractivity contribution in [3.05, 3.63) is 60.0 Å². The monoisotopic (exact) mass is 447 g/mol. The smallest absolute Gasteiger partial charge is 0.497 e. The summed E-state index contributed by atoms with van der Waals surface area (Å²) < 4.78 is 51.3. The van der Waals surface area contributed by atoms with Gasteiger partial charge >= 0.3 is 6.36 Å². The second-order valence-corrected chi connectivity index (χ2v) is 7.42. The van der Waals surface area contributed by atoms with Crippen LogP contribution in [0.25, 0.3) is 11.4 Å². The van der Waals surface area contributed by atoms with Crippen molar-refractivity contribution in [1.29, 1.82) is 0 Å². The summed E-state index contributed by atoms with van der Waals surface area (Å²) >= 11 is 0. The van der Waals surface area contributed by atoms with E-state index in [2.05, 4.69) is 14.9 Å². The van der Waals surface area contributed by atoms with E-state index in [1.54, 1.807) is 12.0 Å². The van der Waals surface area contributed by atoms with E-state index >= 15 is 0 Å². The van der Waals surface area contributed by atoms with Crippen molar-refractivity contribution in [3.63, 3.8) is 0 Å². The van der Waals surface area contributed by atoms with Gasteiger partial charge in [-0.05, 0) is 48.9 Å². The van der Waals surface area contributed by atoms with Crippen molar-refractivity contribution in [3.8, 4) is 22.9 Å². The predicted molar refractivity (Wildman–Crippen MR) is 107 cm³/mol. The van der Waals surface area contributed by atoms with E-state index in [4.69, 9.17) is 9.26 Å². The zero-order chi connectivity index (χ0) is 22.9. The van der Waals surface area contributed by atoms with Gasteiger partial charge in [0.25, 0.3) is 0 Å². The number of halogens is 3. The molecular formula is C22H20F3N3O4. The molecule has 1 aliphatic heterocycles. The van der Waals surface area contributed by atoms with Gasteiger partial charge in [0.2, 0.25) is 17.6 Å². The zero-order valence-electron chi connectivity index (χ0n) is 17.3. The van der Waals surface area contributed by atoms with E-state index in [-0.39, 0.29) is 35.9 Å². The van der Waals surface area contributed by atoms with E-state index in [0.717, 1.165) is 11.3 Å². The minimum atomic E-state index is -4.76. The number of hydrogen-bond acceptors (Lipinski definition) is 6. The van der Waals surface area contributed by atoms with Crippen molar-refractivity contribution in [1.82, 2.24) is 15.0 Å². The Kier molecular flexibility index (Phi) is 5.77. The second kappa shape index (κ2) is 8.52. The van der Waals surface area contributed by atoms with Crippen molar-refractivity contribution in [2.75, 3.05) is 13.7 Å². The van der Waals surface area contributed by atoms with Crippen LogP contribution in [-0.4, -0.2) is 41.0 Å². The summed E-state index contributed by atoms with van der Waals surface area (Å²) in [7, 11) is 1.59. The Hall–Kier alpha value is -3.56. The molecule has 32 heavy (non-hydrogen) atoms. The molecule has 0 bridgehead atoms. The highest BCUT2D eigenvalue weighted by Gasteiger charge is 2.37. The molecular weight excluding hydrogens is 427 g/mol. The molecule has 0 spiro atoms. The van der Waals surface area contributed by atoms with Gasteiger partial charge in [0.05, 0.1) is 19.1 Å². The molecule has 1 aliphatic rings. The molecule has 2 atom stereocenters. The average molecular weight is 447 g/mol. The van der Waals surface area contributed by atoms with E-state index in [1.165, 1.54) is 24.3 Å². The summed E-state index contributed by atoms with van der Waals surface area (Å²) in [4.78, 5) is 18.7. The lowest BCUT2D eigenvalue weighted by atomic mass is 10.1. The molecule has 0 radical (unpaired) electrons. The molecule has 2 aromatic carbocycles. The number of ether oxygens (including phenoxy) is 2. The summed E-state index contributed by atoms with van der Waals surface area (Å²) in [5, 5.41) is 3.91. The molecule has 10 heteroatoms. The maximum atomic E-state index is 12.6. The number of hydrogen-bond donors (Lipinski definition) is 0. The first-order valence-electron chi connectivity index (χ1n) is 9.86. The lowest BCUT2D eigenvalue weighted by Crippen LogP contribution is -2.28. The number of likely N-dealkylation sites (tertiary alicyclic amines) is 1. The van der Waals surface area contributed by atoms with Crippen LogP contribution in [0, 0.1) is 0 Å². The van der Waals surface area contributed by atoms with Gasteiger partial charge in [-0.25, -0.2) is 0 Å². The molecule has 1 amide bonds. The molecule has 2 heterocycles. The number of benzene rings is 2. The minimum absolute atomic E-state index is 0.0216. The van der Waals surface area contributed by atoms with Crippen molar-refractivity contribution in [2.45, 2.75) is 31.7 Å². The standard InChI is InChI=1S/C22H20F3N3O4/c1-13(14-3-7-17(30-2)8-4-14)28-12-16(11-19(28)29)21-26-20(27-32-21)15-5-9-18(10-6-15)31-22(23,24)25/h3-10,13,16H,11-12H2,1-2H3. The Morgan fingerprint density at radius 2 is 1.75 bits per heavy atom. The predicted octanol–water partition coefficient (Wildman–Crippen LogP) is 4.72. The fourth-order valence-corrected chi connectivity index (χ4v) is 3.66. The third-order valence-corrected chi connectivity index (χ3v) is 5.36. The Morgan fingerprint density at radius 3 is 2.38 bits per heavy atom. The van der Waals surface area contributed by atoms with Crippen LogP contribution in [0.2, 0.25) is 0 Å². The van der Waals surface area contributed by atoms with Gasteiger partial charge in [0.15, 0.2) is 0 Å². The maximum absolute atomic E-state index is 12.6. The fraction of sp³-hybridized carbons (Fsp3) is 0.318. The van der Waals surface area contributed by atoms with Gasteiger partial charge in [0.1, 0.15) is 11.5 Å². The van der Waals surface area contributed by atoms with Gasteiger partial charge in [-0.3, -0.25) is 4.79 Å². The van der Waals surface area contributed by atoms with Gasteiger partial charge in [0, 0.05) is 18.5 Å². The Morgan fingerprint density at radius 1 is 1.09 bits per heavy atom. The molecule has 0 aliphatic carbocycles. The molecule has 7 nitrogen and oxygen atoms in total. The fourth-order valence-electron chi connectivity index (χ4n) is 3.66. The van der Waals surface area contributed by atoms with E-state index in [9.17, 15) is 18.0 Å². The van der Waals surface area contributed by atoms with Crippen LogP contribution >= 0.6 is 0 Å². The van der Waals surface area contributed by atoms with Crippen LogP contribution < -0.4 is 9.47 Å². The molecule has 4 rings (SSSR count). The summed E-state index contributed by atoms with van der Waals surface area (Å²) in [6, 6.07) is 12.6. The SMILES string of the molecule is COc1ccc(C(C)N2CC(c3nc(-c4ccc(OC(F)(F)F)cc4)no3)CC2=O)cc1. The van der Waals surface area contributed by atoms with E-state index < -0.39 is 6.36 Å². The van der Waals surface area contributed by atoms with Crippen LogP contribution in [0.4, 0.5) is 13.2 Å². The summed E-state index contributed by atoms with van der Waals surface area (Å²) in [6.07, 6.45) is -4.52. The largest absolute Gasteiger partial charge is 0.573 e. The number of aromatic nitrogens is 2. The van der Waals surface area contributed by atoms with Crippen LogP contribution in [-0.2, 0) is 4.79 Å². The number of carbonyl (C=O) groups excluding carboxylic acids is 1. The lowest BCUT2D eigenvalue weighted by molar-refractivity contribution is -0.274. The lowest BCUT2D eigenvalue weighted by Gasteiger charge is -2.25. The van der Waals surface area contributed by atoms with Crippen LogP contribution in [0.1, 0.15) is 36.8 Å². The normalized spacial score (nSPS) is 17.5. The highest BCUT2D eigenvalue weighted by Crippen LogP contribution is 2.34. The van der Waals surface area contributed by atoms with Gasteiger partial charge in [-0.2, -0.15) is 4.98 Å². The maximum Gasteiger partial charge on any atom is 0.573 e. The van der Waals surface area contributed by atoms with E-state index in [0.29, 0.717) is 18.0 Å². The van der Waals surface area contributed by atoms with Crippen LogP contribution in [0.3, 0.4) is 0 Å². The molecule has 0 saturated carbocycles. The Balaban J connectivity index is 1.44. The first-order valence-corrected chi connectivity index (χ1v) is 9.86. The summed E-state index contributed by atoms with van der Waals surface area (Å²) in [6.45, 7) is 2.37. The zero-order valence-corrected chi connectivity index (χ0v) is 17.3. The molecule has 1 saturated heterocycles. The van der Waals surface area contributed by atoms with Crippen molar-refractivity contribution in [2.24, 2.45) is 0 Å². The third kappa shape index (κ3) is 4.68. The summed E-state index contributed by atoms with van der Waals surface area (Å²) in [5.74, 6) is 0.655. The topological polar surface area (TPSA) is 77.7 Å². The number of carbonyl (C=O) groups is 1. The molecule has 1 fully saturated rings. The summed E-state index contributed by atoms with van der Waals surface area (Å²) in [5.41, 5.74) is 1.45.